The highest BCUT2D eigenvalue weighted by atomic mass is 79.9. The average molecular weight is 454 g/mol. The number of carbonyl (C=O) groups is 3. The standard InChI is InChI=1S/C22H20BrN3O3/c1-14-12-16(23)6-9-19(14)26-21(28)18(20(27)24-22(26)29)13-15-4-7-17(8-5-15)25-10-2-3-11-25/h4-9,12-13H,2-3,10-11H2,1H3,(H,24,27,29)/b18-13+. The molecule has 148 valence electrons. The average Bonchev–Trinajstić information content (AvgIpc) is 3.22. The lowest BCUT2D eigenvalue weighted by Gasteiger charge is -2.27. The Morgan fingerprint density at radius 1 is 1.00 bits per heavy atom. The van der Waals surface area contributed by atoms with Gasteiger partial charge in [0.2, 0.25) is 0 Å². The number of hydrogen-bond donors (Lipinski definition) is 1. The Kier molecular flexibility index (Phi) is 5.24. The Bertz CT molecular complexity index is 1020. The lowest BCUT2D eigenvalue weighted by molar-refractivity contribution is -0.122. The summed E-state index contributed by atoms with van der Waals surface area (Å²) in [4.78, 5) is 41.1. The lowest BCUT2D eigenvalue weighted by atomic mass is 10.1. The minimum atomic E-state index is -0.744. The molecule has 0 radical (unpaired) electrons. The number of rotatable bonds is 3. The summed E-state index contributed by atoms with van der Waals surface area (Å²) in [5.74, 6) is -1.32. The zero-order valence-corrected chi connectivity index (χ0v) is 17.5. The molecule has 2 saturated heterocycles. The Labute approximate surface area is 177 Å². The van der Waals surface area contributed by atoms with Gasteiger partial charge in [-0.1, -0.05) is 28.1 Å². The van der Waals surface area contributed by atoms with E-state index in [1.54, 1.807) is 19.1 Å². The summed E-state index contributed by atoms with van der Waals surface area (Å²) in [7, 11) is 0. The zero-order chi connectivity index (χ0) is 20.5. The summed E-state index contributed by atoms with van der Waals surface area (Å²) in [5.41, 5.74) is 2.98. The van der Waals surface area contributed by atoms with Crippen molar-refractivity contribution in [1.82, 2.24) is 5.32 Å². The van der Waals surface area contributed by atoms with Gasteiger partial charge in [0, 0.05) is 23.2 Å². The minimum absolute atomic E-state index is 0.0687. The normalized spacial score (nSPS) is 18.6. The minimum Gasteiger partial charge on any atom is -0.372 e. The predicted octanol–water partition coefficient (Wildman–Crippen LogP) is 4.02. The van der Waals surface area contributed by atoms with Crippen molar-refractivity contribution in [1.29, 1.82) is 0 Å². The lowest BCUT2D eigenvalue weighted by Crippen LogP contribution is -2.54. The van der Waals surface area contributed by atoms with Crippen molar-refractivity contribution in [3.63, 3.8) is 0 Å². The number of imide groups is 2. The van der Waals surface area contributed by atoms with E-state index in [1.807, 2.05) is 30.3 Å². The van der Waals surface area contributed by atoms with E-state index >= 15 is 0 Å². The number of amides is 4. The van der Waals surface area contributed by atoms with Gasteiger partial charge in [-0.2, -0.15) is 0 Å². The summed E-state index contributed by atoms with van der Waals surface area (Å²) in [6, 6.07) is 12.2. The summed E-state index contributed by atoms with van der Waals surface area (Å²) in [6.07, 6.45) is 3.92. The van der Waals surface area contributed by atoms with Gasteiger partial charge in [-0.25, -0.2) is 9.69 Å². The van der Waals surface area contributed by atoms with Gasteiger partial charge >= 0.3 is 6.03 Å². The predicted molar refractivity (Wildman–Crippen MR) is 116 cm³/mol. The highest BCUT2D eigenvalue weighted by molar-refractivity contribution is 9.10. The van der Waals surface area contributed by atoms with Crippen molar-refractivity contribution in [2.24, 2.45) is 0 Å². The number of anilines is 2. The molecule has 2 heterocycles. The fourth-order valence-electron chi connectivity index (χ4n) is 3.67. The van der Waals surface area contributed by atoms with Gasteiger partial charge in [0.25, 0.3) is 11.8 Å². The van der Waals surface area contributed by atoms with Gasteiger partial charge in [0.1, 0.15) is 5.57 Å². The molecule has 1 N–H and O–H groups in total. The number of urea groups is 1. The molecule has 2 aromatic carbocycles. The molecule has 0 atom stereocenters. The molecular formula is C22H20BrN3O3. The first-order chi connectivity index (χ1) is 13.9. The molecule has 0 bridgehead atoms. The van der Waals surface area contributed by atoms with E-state index in [0.29, 0.717) is 5.69 Å². The van der Waals surface area contributed by atoms with Crippen molar-refractivity contribution in [3.05, 3.63) is 63.6 Å². The van der Waals surface area contributed by atoms with Crippen LogP contribution in [-0.4, -0.2) is 30.9 Å². The van der Waals surface area contributed by atoms with Crippen LogP contribution in [0.25, 0.3) is 6.08 Å². The Hall–Kier alpha value is -2.93. The number of aryl methyl sites for hydroxylation is 1. The molecule has 2 aliphatic heterocycles. The SMILES string of the molecule is Cc1cc(Br)ccc1N1C(=O)NC(=O)/C(=C\c2ccc(N3CCCC3)cc2)C1=O. The van der Waals surface area contributed by atoms with Crippen LogP contribution in [0.4, 0.5) is 16.2 Å². The summed E-state index contributed by atoms with van der Waals surface area (Å²) in [5, 5.41) is 2.27. The molecule has 0 unspecified atom stereocenters. The van der Waals surface area contributed by atoms with Crippen molar-refractivity contribution < 1.29 is 14.4 Å². The van der Waals surface area contributed by atoms with Crippen LogP contribution >= 0.6 is 15.9 Å². The number of nitrogens with zero attached hydrogens (tertiary/aromatic N) is 2. The molecule has 2 fully saturated rings. The molecule has 6 nitrogen and oxygen atoms in total. The highest BCUT2D eigenvalue weighted by Crippen LogP contribution is 2.28. The summed E-state index contributed by atoms with van der Waals surface area (Å²) >= 11 is 3.37. The summed E-state index contributed by atoms with van der Waals surface area (Å²) in [6.45, 7) is 3.90. The van der Waals surface area contributed by atoms with E-state index in [4.69, 9.17) is 0 Å². The van der Waals surface area contributed by atoms with E-state index < -0.39 is 17.8 Å². The number of nitrogens with one attached hydrogen (secondary N) is 1. The third-order valence-corrected chi connectivity index (χ3v) is 5.67. The van der Waals surface area contributed by atoms with E-state index in [0.717, 1.165) is 39.3 Å². The van der Waals surface area contributed by atoms with E-state index in [2.05, 4.69) is 26.1 Å². The maximum absolute atomic E-state index is 13.0. The van der Waals surface area contributed by atoms with Crippen LogP contribution in [0.1, 0.15) is 24.0 Å². The maximum Gasteiger partial charge on any atom is 0.335 e. The molecule has 0 aliphatic carbocycles. The molecule has 2 aromatic rings. The monoisotopic (exact) mass is 453 g/mol. The number of benzene rings is 2. The fraction of sp³-hybridized carbons (Fsp3) is 0.227. The van der Waals surface area contributed by atoms with Crippen LogP contribution in [0.2, 0.25) is 0 Å². The third-order valence-electron chi connectivity index (χ3n) is 5.18. The van der Waals surface area contributed by atoms with Crippen molar-refractivity contribution >= 4 is 51.2 Å². The second kappa shape index (κ2) is 7.83. The second-order valence-electron chi connectivity index (χ2n) is 7.17. The van der Waals surface area contributed by atoms with Crippen LogP contribution < -0.4 is 15.1 Å². The first-order valence-electron chi connectivity index (χ1n) is 9.46. The first-order valence-corrected chi connectivity index (χ1v) is 10.3. The molecular weight excluding hydrogens is 434 g/mol. The van der Waals surface area contributed by atoms with Gasteiger partial charge in [0.05, 0.1) is 5.69 Å². The summed E-state index contributed by atoms with van der Waals surface area (Å²) < 4.78 is 0.841. The zero-order valence-electron chi connectivity index (χ0n) is 15.9. The van der Waals surface area contributed by atoms with Gasteiger partial charge in [-0.3, -0.25) is 14.9 Å². The Morgan fingerprint density at radius 2 is 1.69 bits per heavy atom. The Morgan fingerprint density at radius 3 is 2.34 bits per heavy atom. The topological polar surface area (TPSA) is 69.7 Å². The van der Waals surface area contributed by atoms with Crippen LogP contribution in [0, 0.1) is 6.92 Å². The molecule has 7 heteroatoms. The molecule has 4 amide bonds. The number of carbonyl (C=O) groups excluding carboxylic acids is 3. The van der Waals surface area contributed by atoms with Crippen molar-refractivity contribution in [2.75, 3.05) is 22.9 Å². The van der Waals surface area contributed by atoms with E-state index in [9.17, 15) is 14.4 Å². The van der Waals surface area contributed by atoms with Crippen LogP contribution in [0.5, 0.6) is 0 Å². The van der Waals surface area contributed by atoms with Gasteiger partial charge in [0.15, 0.2) is 0 Å². The number of hydrogen-bond acceptors (Lipinski definition) is 4. The smallest absolute Gasteiger partial charge is 0.335 e. The van der Waals surface area contributed by atoms with Crippen molar-refractivity contribution in [3.8, 4) is 0 Å². The maximum atomic E-state index is 13.0. The second-order valence-corrected chi connectivity index (χ2v) is 8.09. The van der Waals surface area contributed by atoms with Gasteiger partial charge in [-0.15, -0.1) is 0 Å². The van der Waals surface area contributed by atoms with E-state index in [1.165, 1.54) is 18.9 Å². The van der Waals surface area contributed by atoms with Gasteiger partial charge < -0.3 is 4.90 Å². The molecule has 2 aliphatic rings. The van der Waals surface area contributed by atoms with Crippen molar-refractivity contribution in [2.45, 2.75) is 19.8 Å². The number of halogens is 1. The molecule has 0 saturated carbocycles. The molecule has 4 rings (SSSR count). The highest BCUT2D eigenvalue weighted by Gasteiger charge is 2.37. The fourth-order valence-corrected chi connectivity index (χ4v) is 4.14. The first kappa shape index (κ1) is 19.4. The van der Waals surface area contributed by atoms with Crippen LogP contribution in [0.3, 0.4) is 0 Å². The van der Waals surface area contributed by atoms with E-state index in [-0.39, 0.29) is 5.57 Å². The molecule has 0 spiro atoms. The Balaban J connectivity index is 1.64. The molecule has 0 aromatic heterocycles. The van der Waals surface area contributed by atoms with Gasteiger partial charge in [-0.05, 0) is 67.3 Å². The third kappa shape index (κ3) is 3.82. The van der Waals surface area contributed by atoms with Crippen LogP contribution in [-0.2, 0) is 9.59 Å². The van der Waals surface area contributed by atoms with Crippen LogP contribution in [0.15, 0.2) is 52.5 Å². The largest absolute Gasteiger partial charge is 0.372 e. The quantitative estimate of drug-likeness (QED) is 0.562. The molecule has 29 heavy (non-hydrogen) atoms. The number of barbiturate groups is 1.